The third kappa shape index (κ3) is 4.75. The largest absolute Gasteiger partial charge is 0.395 e. The highest BCUT2D eigenvalue weighted by atomic mass is 16.7. The van der Waals surface area contributed by atoms with Gasteiger partial charge in [-0.3, -0.25) is 14.4 Å². The zero-order valence-electron chi connectivity index (χ0n) is 16.7. The van der Waals surface area contributed by atoms with E-state index in [2.05, 4.69) is 32.8 Å². The highest BCUT2D eigenvalue weighted by Gasteiger charge is 2.49. The van der Waals surface area contributed by atoms with E-state index in [-0.39, 0.29) is 36.4 Å². The number of aliphatic hydroxyl groups is 1. The van der Waals surface area contributed by atoms with Crippen LogP contribution in [-0.4, -0.2) is 63.3 Å². The number of hydroxylamine groups is 2. The van der Waals surface area contributed by atoms with Gasteiger partial charge in [-0.1, -0.05) is 19.3 Å². The van der Waals surface area contributed by atoms with E-state index in [4.69, 9.17) is 10.6 Å². The minimum Gasteiger partial charge on any atom is -0.395 e. The topological polar surface area (TPSA) is 96.1 Å². The van der Waals surface area contributed by atoms with Crippen molar-refractivity contribution in [2.75, 3.05) is 13.2 Å². The van der Waals surface area contributed by atoms with Gasteiger partial charge in [0, 0.05) is 23.7 Å². The first-order valence-electron chi connectivity index (χ1n) is 9.77. The fourth-order valence-corrected chi connectivity index (χ4v) is 4.74. The van der Waals surface area contributed by atoms with Crippen molar-refractivity contribution in [3.05, 3.63) is 0 Å². The summed E-state index contributed by atoms with van der Waals surface area (Å²) < 4.78 is 0. The van der Waals surface area contributed by atoms with Gasteiger partial charge in [-0.2, -0.15) is 5.06 Å². The summed E-state index contributed by atoms with van der Waals surface area (Å²) in [6.07, 6.45) is 7.43. The molecule has 0 unspecified atom stereocenters. The number of rotatable bonds is 5. The van der Waals surface area contributed by atoms with Gasteiger partial charge in [0.25, 0.3) is 0 Å². The lowest BCUT2D eigenvalue weighted by Gasteiger charge is -2.56. The Morgan fingerprint density at radius 1 is 1.12 bits per heavy atom. The van der Waals surface area contributed by atoms with Crippen LogP contribution in [0.2, 0.25) is 0 Å². The normalized spacial score (nSPS) is 24.3. The third-order valence-corrected chi connectivity index (χ3v) is 5.63. The summed E-state index contributed by atoms with van der Waals surface area (Å²) in [4.78, 5) is 31.6. The van der Waals surface area contributed by atoms with Crippen LogP contribution in [0.3, 0.4) is 0 Å². The monoisotopic (exact) mass is 369 g/mol. The molecule has 2 fully saturated rings. The molecule has 3 N–H and O–H groups in total. The molecule has 1 heterocycles. The number of nitrogens with two attached hydrogens (primary N) is 1. The zero-order chi connectivity index (χ0) is 19.5. The second kappa shape index (κ2) is 8.23. The van der Waals surface area contributed by atoms with E-state index in [1.165, 1.54) is 24.2 Å². The van der Waals surface area contributed by atoms with Crippen molar-refractivity contribution >= 4 is 11.8 Å². The van der Waals surface area contributed by atoms with E-state index in [0.29, 0.717) is 12.8 Å². The van der Waals surface area contributed by atoms with Crippen LogP contribution >= 0.6 is 0 Å². The van der Waals surface area contributed by atoms with E-state index in [9.17, 15) is 14.7 Å². The maximum Gasteiger partial charge on any atom is 0.311 e. The predicted octanol–water partition coefficient (Wildman–Crippen LogP) is 1.58. The maximum atomic E-state index is 12.2. The molecule has 0 atom stereocenters. The first-order chi connectivity index (χ1) is 12.1. The SMILES string of the molecule is CC1(C)CC(N(CCO)C(=O)C(N)=O)CC(C)(C)N1OC1CCCCC1. The van der Waals surface area contributed by atoms with Gasteiger partial charge >= 0.3 is 11.8 Å². The van der Waals surface area contributed by atoms with Gasteiger partial charge in [-0.05, 0) is 53.4 Å². The Kier molecular flexibility index (Phi) is 6.69. The van der Waals surface area contributed by atoms with Crippen LogP contribution in [-0.2, 0) is 14.4 Å². The summed E-state index contributed by atoms with van der Waals surface area (Å²) in [6, 6.07) is -0.168. The van der Waals surface area contributed by atoms with Crippen LogP contribution in [0.25, 0.3) is 0 Å². The lowest BCUT2D eigenvalue weighted by atomic mass is 9.78. The van der Waals surface area contributed by atoms with Gasteiger partial charge < -0.3 is 15.7 Å². The molecule has 1 aliphatic carbocycles. The van der Waals surface area contributed by atoms with E-state index >= 15 is 0 Å². The van der Waals surface area contributed by atoms with Gasteiger partial charge in [0.15, 0.2) is 0 Å². The minimum absolute atomic E-state index is 0.113. The molecular weight excluding hydrogens is 334 g/mol. The lowest BCUT2D eigenvalue weighted by Crippen LogP contribution is -2.66. The van der Waals surface area contributed by atoms with Crippen molar-refractivity contribution in [3.8, 4) is 0 Å². The van der Waals surface area contributed by atoms with Gasteiger partial charge in [0.1, 0.15) is 0 Å². The lowest BCUT2D eigenvalue weighted by molar-refractivity contribution is -0.313. The third-order valence-electron chi connectivity index (χ3n) is 5.63. The highest BCUT2D eigenvalue weighted by Crippen LogP contribution is 2.41. The Balaban J connectivity index is 2.18. The molecular formula is C19H35N3O4. The fourth-order valence-electron chi connectivity index (χ4n) is 4.74. The molecule has 0 bridgehead atoms. The molecule has 1 saturated heterocycles. The van der Waals surface area contributed by atoms with E-state index < -0.39 is 11.8 Å². The second-order valence-corrected chi connectivity index (χ2v) is 8.93. The molecule has 0 radical (unpaired) electrons. The Morgan fingerprint density at radius 3 is 2.12 bits per heavy atom. The van der Waals surface area contributed by atoms with Gasteiger partial charge in [0.2, 0.25) is 0 Å². The van der Waals surface area contributed by atoms with Crippen molar-refractivity contribution in [1.82, 2.24) is 9.96 Å². The van der Waals surface area contributed by atoms with Gasteiger partial charge in [0.05, 0.1) is 12.7 Å². The van der Waals surface area contributed by atoms with Gasteiger partial charge in [-0.25, -0.2) is 0 Å². The zero-order valence-corrected chi connectivity index (χ0v) is 16.7. The first-order valence-corrected chi connectivity index (χ1v) is 9.77. The molecule has 26 heavy (non-hydrogen) atoms. The molecule has 7 nitrogen and oxygen atoms in total. The second-order valence-electron chi connectivity index (χ2n) is 8.93. The van der Waals surface area contributed by atoms with Crippen molar-refractivity contribution < 1.29 is 19.5 Å². The van der Waals surface area contributed by atoms with E-state index in [1.54, 1.807) is 0 Å². The average molecular weight is 370 g/mol. The Labute approximate surface area is 156 Å². The Bertz CT molecular complexity index is 497. The number of amides is 2. The van der Waals surface area contributed by atoms with Crippen LogP contribution in [0.15, 0.2) is 0 Å². The van der Waals surface area contributed by atoms with Gasteiger partial charge in [-0.15, -0.1) is 0 Å². The van der Waals surface area contributed by atoms with Crippen LogP contribution < -0.4 is 5.73 Å². The summed E-state index contributed by atoms with van der Waals surface area (Å²) in [5, 5.41) is 11.5. The smallest absolute Gasteiger partial charge is 0.311 e. The minimum atomic E-state index is -0.977. The molecule has 2 amide bonds. The fraction of sp³-hybridized carbons (Fsp3) is 0.895. The van der Waals surface area contributed by atoms with Crippen molar-refractivity contribution in [2.24, 2.45) is 5.73 Å². The number of aliphatic hydroxyl groups excluding tert-OH is 1. The molecule has 1 saturated carbocycles. The average Bonchev–Trinajstić information content (AvgIpc) is 2.55. The van der Waals surface area contributed by atoms with Crippen molar-refractivity contribution in [2.45, 2.75) is 95.9 Å². The number of hydrogen-bond acceptors (Lipinski definition) is 5. The Hall–Kier alpha value is -1.18. The van der Waals surface area contributed by atoms with Crippen molar-refractivity contribution in [3.63, 3.8) is 0 Å². The first kappa shape index (κ1) is 21.1. The molecule has 0 aromatic rings. The summed E-state index contributed by atoms with van der Waals surface area (Å²) >= 11 is 0. The van der Waals surface area contributed by atoms with Crippen LogP contribution in [0.5, 0.6) is 0 Å². The molecule has 0 spiro atoms. The highest BCUT2D eigenvalue weighted by molar-refractivity contribution is 6.34. The number of nitrogens with zero attached hydrogens (tertiary/aromatic N) is 2. The molecule has 7 heteroatoms. The molecule has 2 rings (SSSR count). The quantitative estimate of drug-likeness (QED) is 0.717. The summed E-state index contributed by atoms with van der Waals surface area (Å²) in [7, 11) is 0. The van der Waals surface area contributed by atoms with Crippen LogP contribution in [0.4, 0.5) is 0 Å². The standard InChI is InChI=1S/C19H35N3O4/c1-18(2)12-14(21(10-11-23)17(25)16(20)24)13-19(3,4)22(18)26-15-8-6-5-7-9-15/h14-15,23H,5-13H2,1-4H3,(H2,20,24). The summed E-state index contributed by atoms with van der Waals surface area (Å²) in [5.74, 6) is -1.70. The predicted molar refractivity (Wildman–Crippen MR) is 99.0 cm³/mol. The molecule has 2 aliphatic rings. The molecule has 1 aliphatic heterocycles. The Morgan fingerprint density at radius 2 is 1.65 bits per heavy atom. The number of hydrogen-bond donors (Lipinski definition) is 2. The molecule has 0 aromatic carbocycles. The maximum absolute atomic E-state index is 12.2. The number of carbonyl (C=O) groups excluding carboxylic acids is 2. The van der Waals surface area contributed by atoms with E-state index in [1.807, 2.05) is 0 Å². The van der Waals surface area contributed by atoms with Crippen LogP contribution in [0, 0.1) is 0 Å². The van der Waals surface area contributed by atoms with Crippen LogP contribution in [0.1, 0.15) is 72.6 Å². The summed E-state index contributed by atoms with van der Waals surface area (Å²) in [5.41, 5.74) is 4.59. The summed E-state index contributed by atoms with van der Waals surface area (Å²) in [6.45, 7) is 8.34. The number of carbonyl (C=O) groups is 2. The van der Waals surface area contributed by atoms with Crippen molar-refractivity contribution in [1.29, 1.82) is 0 Å². The molecule has 0 aromatic heterocycles. The van der Waals surface area contributed by atoms with E-state index in [0.717, 1.165) is 12.8 Å². The number of primary amides is 1. The number of piperidine rings is 1. The molecule has 150 valence electrons.